The minimum Gasteiger partial charge on any atom is -0.455 e. The number of carbonyl (C=O) groups excluding carboxylic acids is 3. The van der Waals surface area contributed by atoms with E-state index >= 15 is 0 Å². The van der Waals surface area contributed by atoms with Crippen molar-refractivity contribution in [1.82, 2.24) is 0 Å². The first-order chi connectivity index (χ1) is 20.2. The Bertz CT molecular complexity index is 1250. The zero-order valence-corrected chi connectivity index (χ0v) is 25.9. The molecule has 4 aliphatic carbocycles. The Kier molecular flexibility index (Phi) is 9.32. The minimum absolute atomic E-state index is 0.000118. The molecule has 0 amide bonds. The molecule has 0 saturated heterocycles. The summed E-state index contributed by atoms with van der Waals surface area (Å²) in [6.45, 7) is 9.43. The summed E-state index contributed by atoms with van der Waals surface area (Å²) in [6.07, 6.45) is 11.9. The molecule has 0 aromatic carbocycles. The first-order valence-corrected chi connectivity index (χ1v) is 15.2. The van der Waals surface area contributed by atoms with E-state index in [9.17, 15) is 35.0 Å². The Balaban J connectivity index is 1.76. The molecule has 0 aromatic heterocycles. The Hall–Kier alpha value is -2.63. The summed E-state index contributed by atoms with van der Waals surface area (Å²) >= 11 is 0. The van der Waals surface area contributed by atoms with Gasteiger partial charge in [0.2, 0.25) is 0 Å². The fourth-order valence-corrected chi connectivity index (χ4v) is 8.38. The van der Waals surface area contributed by atoms with Gasteiger partial charge >= 0.3 is 11.9 Å². The second-order valence-corrected chi connectivity index (χ2v) is 13.1. The van der Waals surface area contributed by atoms with Crippen molar-refractivity contribution >= 4 is 17.7 Å². The fourth-order valence-electron chi connectivity index (χ4n) is 8.38. The normalized spacial score (nSPS) is 39.4. The summed E-state index contributed by atoms with van der Waals surface area (Å²) in [5.74, 6) is -6.12. The molecule has 0 radical (unpaired) electrons. The van der Waals surface area contributed by atoms with Crippen molar-refractivity contribution in [2.75, 3.05) is 6.61 Å². The number of hydrogen-bond acceptors (Lipinski definition) is 10. The van der Waals surface area contributed by atoms with Crippen molar-refractivity contribution in [2.24, 2.45) is 29.1 Å². The van der Waals surface area contributed by atoms with Gasteiger partial charge < -0.3 is 24.8 Å². The van der Waals surface area contributed by atoms with Gasteiger partial charge in [0, 0.05) is 42.1 Å². The van der Waals surface area contributed by atoms with Gasteiger partial charge in [-0.2, -0.15) is 0 Å². The highest BCUT2D eigenvalue weighted by Crippen LogP contribution is 2.77. The van der Waals surface area contributed by atoms with Crippen LogP contribution >= 0.6 is 0 Å². The molecule has 4 rings (SSSR count). The van der Waals surface area contributed by atoms with Crippen molar-refractivity contribution in [3.05, 3.63) is 47.6 Å². The van der Waals surface area contributed by atoms with E-state index < -0.39 is 82.4 Å². The second kappa shape index (κ2) is 12.0. The van der Waals surface area contributed by atoms with Crippen LogP contribution in [0.2, 0.25) is 0 Å². The molecule has 4 N–H and O–H groups in total. The maximum absolute atomic E-state index is 13.3. The SMILES string of the molecule is CCCCCC=CCC=CC(=O)OC1C(C)C2(O)C(C(OO)C(CO)=CC3(O)C(=O)C(C)=CC32)C2C(C)(C)C12OC(C)=O. The first kappa shape index (κ1) is 33.3. The van der Waals surface area contributed by atoms with Crippen LogP contribution in [-0.2, 0) is 28.7 Å². The number of aliphatic hydroxyl groups excluding tert-OH is 1. The number of esters is 2. The Morgan fingerprint density at radius 3 is 2.42 bits per heavy atom. The topological polar surface area (TPSA) is 160 Å². The number of hydrogen-bond donors (Lipinski definition) is 4. The van der Waals surface area contributed by atoms with E-state index in [4.69, 9.17) is 14.4 Å². The molecule has 4 aliphatic rings. The molecule has 10 heteroatoms. The average Bonchev–Trinajstić information content (AvgIpc) is 3.35. The molecule has 2 fully saturated rings. The summed E-state index contributed by atoms with van der Waals surface area (Å²) in [5, 5.41) is 45.0. The molecular formula is C33H46O10. The van der Waals surface area contributed by atoms with Crippen LogP contribution in [0.25, 0.3) is 0 Å². The molecule has 238 valence electrons. The Morgan fingerprint density at radius 2 is 1.81 bits per heavy atom. The molecular weight excluding hydrogens is 556 g/mol. The molecule has 0 aromatic rings. The van der Waals surface area contributed by atoms with Crippen LogP contribution < -0.4 is 0 Å². The van der Waals surface area contributed by atoms with Gasteiger partial charge in [-0.1, -0.05) is 64.8 Å². The van der Waals surface area contributed by atoms with Gasteiger partial charge in [-0.25, -0.2) is 9.68 Å². The van der Waals surface area contributed by atoms with Crippen LogP contribution in [0.4, 0.5) is 0 Å². The molecule has 10 nitrogen and oxygen atoms in total. The Labute approximate surface area is 253 Å². The monoisotopic (exact) mass is 602 g/mol. The number of rotatable bonds is 11. The summed E-state index contributed by atoms with van der Waals surface area (Å²) in [7, 11) is 0. The number of carbonyl (C=O) groups is 3. The highest BCUT2D eigenvalue weighted by atomic mass is 17.1. The number of aliphatic hydroxyl groups is 3. The average molecular weight is 603 g/mol. The lowest BCUT2D eigenvalue weighted by atomic mass is 9.58. The van der Waals surface area contributed by atoms with Gasteiger partial charge in [-0.05, 0) is 43.4 Å². The van der Waals surface area contributed by atoms with E-state index in [1.54, 1.807) is 26.8 Å². The van der Waals surface area contributed by atoms with E-state index in [0.717, 1.165) is 31.8 Å². The second-order valence-electron chi connectivity index (χ2n) is 13.1. The van der Waals surface area contributed by atoms with Crippen LogP contribution in [0.5, 0.6) is 0 Å². The predicted molar refractivity (Wildman–Crippen MR) is 156 cm³/mol. The highest BCUT2D eigenvalue weighted by molar-refractivity contribution is 6.06. The molecule has 0 heterocycles. The predicted octanol–water partition coefficient (Wildman–Crippen LogP) is 3.60. The molecule has 0 aliphatic heterocycles. The molecule has 43 heavy (non-hydrogen) atoms. The highest BCUT2D eigenvalue weighted by Gasteiger charge is 2.89. The summed E-state index contributed by atoms with van der Waals surface area (Å²) in [6, 6.07) is 0. The molecule has 9 unspecified atom stereocenters. The molecule has 9 atom stereocenters. The molecule has 0 bridgehead atoms. The number of fused-ring (bicyclic) bond motifs is 5. The zero-order chi connectivity index (χ0) is 32.0. The summed E-state index contributed by atoms with van der Waals surface area (Å²) in [5.41, 5.74) is -6.41. The van der Waals surface area contributed by atoms with Crippen LogP contribution in [0.15, 0.2) is 47.6 Å². The third kappa shape index (κ3) is 5.05. The molecule has 2 saturated carbocycles. The maximum atomic E-state index is 13.3. The lowest BCUT2D eigenvalue weighted by Gasteiger charge is -2.54. The van der Waals surface area contributed by atoms with Gasteiger partial charge in [0.1, 0.15) is 12.2 Å². The quantitative estimate of drug-likeness (QED) is 0.0687. The van der Waals surface area contributed by atoms with Crippen molar-refractivity contribution < 1.29 is 49.3 Å². The van der Waals surface area contributed by atoms with E-state index in [2.05, 4.69) is 13.0 Å². The van der Waals surface area contributed by atoms with Crippen molar-refractivity contribution in [2.45, 2.75) is 103 Å². The fraction of sp³-hybridized carbons (Fsp3) is 0.667. The van der Waals surface area contributed by atoms with Crippen LogP contribution in [0.3, 0.4) is 0 Å². The zero-order valence-electron chi connectivity index (χ0n) is 25.9. The molecule has 0 spiro atoms. The summed E-state index contributed by atoms with van der Waals surface area (Å²) < 4.78 is 12.0. The van der Waals surface area contributed by atoms with Crippen molar-refractivity contribution in [1.29, 1.82) is 0 Å². The Morgan fingerprint density at radius 1 is 1.12 bits per heavy atom. The maximum Gasteiger partial charge on any atom is 0.330 e. The van der Waals surface area contributed by atoms with Crippen LogP contribution in [0.1, 0.15) is 73.6 Å². The van der Waals surface area contributed by atoms with Crippen LogP contribution in [-0.4, -0.2) is 73.9 Å². The standard InChI is InChI=1S/C33H46O10/c1-7-8-9-10-11-12-13-14-15-24(36)41-29-20(3)32(39)23-16-19(2)28(37)31(23,38)17-22(18-34)26(43-40)25(32)27-30(5,6)33(27,29)42-21(4)35/h11-12,14-17,20,23,25-27,29,34,38-40H,7-10,13,18H2,1-6H3. The van der Waals surface area contributed by atoms with E-state index in [0.29, 0.717) is 6.42 Å². The smallest absolute Gasteiger partial charge is 0.330 e. The van der Waals surface area contributed by atoms with Crippen molar-refractivity contribution in [3.63, 3.8) is 0 Å². The number of ether oxygens (including phenoxy) is 2. The number of allylic oxidation sites excluding steroid dienone is 3. The summed E-state index contributed by atoms with van der Waals surface area (Å²) in [4.78, 5) is 43.9. The lowest BCUT2D eigenvalue weighted by molar-refractivity contribution is -0.313. The van der Waals surface area contributed by atoms with Gasteiger partial charge in [0.05, 0.1) is 12.2 Å². The third-order valence-electron chi connectivity index (χ3n) is 10.4. The van der Waals surface area contributed by atoms with E-state index in [1.807, 2.05) is 6.08 Å². The number of ketones is 1. The van der Waals surface area contributed by atoms with E-state index in [1.165, 1.54) is 26.0 Å². The van der Waals surface area contributed by atoms with Gasteiger partial charge in [-0.3, -0.25) is 14.8 Å². The van der Waals surface area contributed by atoms with Crippen LogP contribution in [0, 0.1) is 29.1 Å². The number of unbranched alkanes of at least 4 members (excludes halogenated alkanes) is 3. The van der Waals surface area contributed by atoms with Gasteiger partial charge in [-0.15, -0.1) is 0 Å². The van der Waals surface area contributed by atoms with E-state index in [-0.39, 0.29) is 11.1 Å². The largest absolute Gasteiger partial charge is 0.455 e. The lowest BCUT2D eigenvalue weighted by Crippen LogP contribution is -2.68. The van der Waals surface area contributed by atoms with Gasteiger partial charge in [0.25, 0.3) is 0 Å². The van der Waals surface area contributed by atoms with Crippen molar-refractivity contribution in [3.8, 4) is 0 Å². The minimum atomic E-state index is -2.25. The first-order valence-electron chi connectivity index (χ1n) is 15.2. The van der Waals surface area contributed by atoms with Gasteiger partial charge in [0.15, 0.2) is 17.0 Å². The number of Topliss-reactive ketones (excluding diaryl/α,β-unsaturated/α-hetero) is 1. The third-order valence-corrected chi connectivity index (χ3v) is 10.4.